The quantitative estimate of drug-likeness (QED) is 0.391. The van der Waals surface area contributed by atoms with Gasteiger partial charge in [0.2, 0.25) is 11.8 Å². The monoisotopic (exact) mass is 506 g/mol. The molecule has 4 aromatic rings. The van der Waals surface area contributed by atoms with Crippen molar-refractivity contribution < 1.29 is 17.9 Å². The Bertz CT molecular complexity index is 1540. The number of nitrogens with one attached hydrogen (secondary N) is 2. The molecule has 0 aliphatic heterocycles. The van der Waals surface area contributed by atoms with E-state index in [0.717, 1.165) is 16.7 Å². The molecular weight excluding hydrogens is 480 g/mol. The van der Waals surface area contributed by atoms with E-state index < -0.39 is 10.0 Å². The fraction of sp³-hybridized carbons (Fsp3) is 0.200. The second kappa shape index (κ2) is 9.78. The lowest BCUT2D eigenvalue weighted by Crippen LogP contribution is -2.19. The molecule has 0 radical (unpaired) electrons. The van der Waals surface area contributed by atoms with Crippen molar-refractivity contribution in [2.24, 2.45) is 7.05 Å². The lowest BCUT2D eigenvalue weighted by atomic mass is 10.00. The smallest absolute Gasteiger partial charge is 0.267 e. The van der Waals surface area contributed by atoms with Crippen LogP contribution in [0.1, 0.15) is 27.0 Å². The molecule has 4 rings (SSSR count). The molecule has 0 atom stereocenters. The predicted octanol–water partition coefficient (Wildman–Crippen LogP) is 3.76. The fourth-order valence-electron chi connectivity index (χ4n) is 3.80. The van der Waals surface area contributed by atoms with Crippen molar-refractivity contribution in [3.8, 4) is 22.9 Å². The molecule has 36 heavy (non-hydrogen) atoms. The summed E-state index contributed by atoms with van der Waals surface area (Å²) in [6.45, 7) is 5.66. The number of aromatic nitrogens is 4. The van der Waals surface area contributed by atoms with Gasteiger partial charge in [0.15, 0.2) is 0 Å². The molecule has 1 amide bonds. The number of carbonyl (C=O) groups is 1. The number of ether oxygens (including phenoxy) is 1. The van der Waals surface area contributed by atoms with Gasteiger partial charge in [0.25, 0.3) is 15.9 Å². The minimum Gasteiger partial charge on any atom is -0.439 e. The maximum atomic E-state index is 12.9. The summed E-state index contributed by atoms with van der Waals surface area (Å²) >= 11 is 0. The van der Waals surface area contributed by atoms with Gasteiger partial charge >= 0.3 is 0 Å². The Kier molecular flexibility index (Phi) is 6.75. The Morgan fingerprint density at radius 1 is 1.03 bits per heavy atom. The third-order valence-electron chi connectivity index (χ3n) is 5.63. The highest BCUT2D eigenvalue weighted by atomic mass is 32.2. The minimum absolute atomic E-state index is 0.0253. The normalized spacial score (nSPS) is 11.2. The van der Waals surface area contributed by atoms with Gasteiger partial charge in [-0.1, -0.05) is 24.3 Å². The van der Waals surface area contributed by atoms with Crippen LogP contribution >= 0.6 is 0 Å². The zero-order valence-corrected chi connectivity index (χ0v) is 21.3. The highest BCUT2D eigenvalue weighted by Gasteiger charge is 2.21. The lowest BCUT2D eigenvalue weighted by Gasteiger charge is -2.15. The van der Waals surface area contributed by atoms with E-state index in [-0.39, 0.29) is 22.6 Å². The Balaban J connectivity index is 1.82. The standard InChI is InChI=1S/C25H26N6O4S/c1-15-8-6-9-16(2)23(15)20-12-22(35-21-11-7-10-19(17(21)3)24(32)26-4)29-25(28-20)30-36(33,34)18-13-27-31(5)14-18/h6-14H,1-5H3,(H,26,32)(H,28,29,30). The first kappa shape index (κ1) is 24.9. The molecule has 0 saturated carbocycles. The van der Waals surface area contributed by atoms with Crippen LogP contribution in [0, 0.1) is 20.8 Å². The number of aryl methyl sites for hydroxylation is 3. The summed E-state index contributed by atoms with van der Waals surface area (Å²) in [6.07, 6.45) is 2.62. The fourth-order valence-corrected chi connectivity index (χ4v) is 4.73. The summed E-state index contributed by atoms with van der Waals surface area (Å²) in [4.78, 5) is 21.0. The number of benzene rings is 2. The van der Waals surface area contributed by atoms with Crippen molar-refractivity contribution in [1.29, 1.82) is 0 Å². The first-order valence-corrected chi connectivity index (χ1v) is 12.5. The summed E-state index contributed by atoms with van der Waals surface area (Å²) < 4.78 is 35.8. The minimum atomic E-state index is -4.00. The van der Waals surface area contributed by atoms with E-state index in [0.29, 0.717) is 22.6 Å². The van der Waals surface area contributed by atoms with Gasteiger partial charge < -0.3 is 10.1 Å². The molecule has 0 spiro atoms. The molecule has 0 bridgehead atoms. The van der Waals surface area contributed by atoms with Crippen LogP contribution in [-0.2, 0) is 17.1 Å². The molecule has 2 N–H and O–H groups in total. The first-order valence-electron chi connectivity index (χ1n) is 11.1. The molecule has 0 saturated heterocycles. The number of anilines is 1. The number of sulfonamides is 1. The number of hydrogen-bond donors (Lipinski definition) is 2. The van der Waals surface area contributed by atoms with Crippen LogP contribution in [0.5, 0.6) is 11.6 Å². The van der Waals surface area contributed by atoms with Crippen LogP contribution in [0.2, 0.25) is 0 Å². The highest BCUT2D eigenvalue weighted by molar-refractivity contribution is 7.92. The maximum Gasteiger partial charge on any atom is 0.267 e. The first-order chi connectivity index (χ1) is 17.1. The molecule has 2 aromatic heterocycles. The van der Waals surface area contributed by atoms with Crippen LogP contribution < -0.4 is 14.8 Å². The van der Waals surface area contributed by atoms with Crippen LogP contribution in [0.3, 0.4) is 0 Å². The van der Waals surface area contributed by atoms with Crippen LogP contribution in [0.4, 0.5) is 5.95 Å². The van der Waals surface area contributed by atoms with Crippen molar-refractivity contribution in [2.75, 3.05) is 11.8 Å². The van der Waals surface area contributed by atoms with Gasteiger partial charge in [-0.2, -0.15) is 10.1 Å². The van der Waals surface area contributed by atoms with Crippen molar-refractivity contribution in [1.82, 2.24) is 25.1 Å². The van der Waals surface area contributed by atoms with Crippen LogP contribution in [-0.4, -0.2) is 41.1 Å². The van der Waals surface area contributed by atoms with E-state index >= 15 is 0 Å². The summed E-state index contributed by atoms with van der Waals surface area (Å²) in [5, 5.41) is 6.53. The summed E-state index contributed by atoms with van der Waals surface area (Å²) in [6, 6.07) is 12.6. The average molecular weight is 507 g/mol. The molecule has 10 nitrogen and oxygen atoms in total. The SMILES string of the molecule is CNC(=O)c1cccc(Oc2cc(-c3c(C)cccc3C)nc(NS(=O)(=O)c3cnn(C)c3)n2)c1C. The summed E-state index contributed by atoms with van der Waals surface area (Å²) in [5.74, 6) is 0.114. The van der Waals surface area contributed by atoms with Crippen molar-refractivity contribution in [2.45, 2.75) is 25.7 Å². The Morgan fingerprint density at radius 3 is 2.36 bits per heavy atom. The number of rotatable bonds is 7. The van der Waals surface area contributed by atoms with Crippen molar-refractivity contribution >= 4 is 21.9 Å². The van der Waals surface area contributed by atoms with E-state index in [9.17, 15) is 13.2 Å². The van der Waals surface area contributed by atoms with E-state index in [4.69, 9.17) is 4.74 Å². The molecule has 2 heterocycles. The van der Waals surface area contributed by atoms with E-state index in [1.165, 1.54) is 17.1 Å². The topological polar surface area (TPSA) is 128 Å². The molecule has 0 aliphatic carbocycles. The van der Waals surface area contributed by atoms with Gasteiger partial charge in [0.05, 0.1) is 11.9 Å². The van der Waals surface area contributed by atoms with Gasteiger partial charge in [-0.3, -0.25) is 9.48 Å². The second-order valence-electron chi connectivity index (χ2n) is 8.25. The molecule has 2 aromatic carbocycles. The molecule has 0 aliphatic rings. The third-order valence-corrected chi connectivity index (χ3v) is 6.91. The lowest BCUT2D eigenvalue weighted by molar-refractivity contribution is 0.0962. The van der Waals surface area contributed by atoms with Gasteiger partial charge in [-0.05, 0) is 44.0 Å². The maximum absolute atomic E-state index is 12.9. The Hall–Kier alpha value is -4.25. The van der Waals surface area contributed by atoms with Gasteiger partial charge in [-0.25, -0.2) is 18.1 Å². The van der Waals surface area contributed by atoms with Crippen LogP contribution in [0.25, 0.3) is 11.3 Å². The Labute approximate surface area is 209 Å². The van der Waals surface area contributed by atoms with Gasteiger partial charge in [-0.15, -0.1) is 0 Å². The third kappa shape index (κ3) is 5.05. The molecular formula is C25H26N6O4S. The predicted molar refractivity (Wildman–Crippen MR) is 136 cm³/mol. The summed E-state index contributed by atoms with van der Waals surface area (Å²) in [5.41, 5.74) is 4.30. The molecule has 0 unspecified atom stereocenters. The molecule has 186 valence electrons. The zero-order chi connectivity index (χ0) is 26.0. The second-order valence-corrected chi connectivity index (χ2v) is 9.93. The molecule has 0 fully saturated rings. The number of nitrogens with zero attached hydrogens (tertiary/aromatic N) is 4. The number of amides is 1. The Morgan fingerprint density at radius 2 is 1.72 bits per heavy atom. The van der Waals surface area contributed by atoms with E-state index in [2.05, 4.69) is 25.1 Å². The summed E-state index contributed by atoms with van der Waals surface area (Å²) in [7, 11) is -0.822. The van der Waals surface area contributed by atoms with Crippen molar-refractivity contribution in [3.05, 3.63) is 77.1 Å². The average Bonchev–Trinajstić information content (AvgIpc) is 3.27. The van der Waals surface area contributed by atoms with Crippen molar-refractivity contribution in [3.63, 3.8) is 0 Å². The number of carbonyl (C=O) groups excluding carboxylic acids is 1. The van der Waals surface area contributed by atoms with E-state index in [1.54, 1.807) is 45.3 Å². The molecule has 11 heteroatoms. The van der Waals surface area contributed by atoms with Gasteiger partial charge in [0, 0.05) is 43.0 Å². The van der Waals surface area contributed by atoms with Crippen LogP contribution in [0.15, 0.2) is 59.8 Å². The van der Waals surface area contributed by atoms with E-state index in [1.807, 2.05) is 32.0 Å². The number of hydrogen-bond acceptors (Lipinski definition) is 7. The zero-order valence-electron chi connectivity index (χ0n) is 20.5. The largest absolute Gasteiger partial charge is 0.439 e. The van der Waals surface area contributed by atoms with Gasteiger partial charge in [0.1, 0.15) is 10.6 Å². The highest BCUT2D eigenvalue weighted by Crippen LogP contribution is 2.32.